The summed E-state index contributed by atoms with van der Waals surface area (Å²) in [6, 6.07) is 6.64. The van der Waals surface area contributed by atoms with Gasteiger partial charge >= 0.3 is 0 Å². The zero-order valence-electron chi connectivity index (χ0n) is 8.61. The third-order valence-corrected chi connectivity index (χ3v) is 3.23. The number of hydrogen-bond donors (Lipinski definition) is 1. The molecular formula is C12H15NO2. The van der Waals surface area contributed by atoms with Crippen LogP contribution in [0.3, 0.4) is 0 Å². The summed E-state index contributed by atoms with van der Waals surface area (Å²) in [6.45, 7) is 0.354. The minimum atomic E-state index is 0.354. The molecule has 2 N–H and O–H groups in total. The van der Waals surface area contributed by atoms with Crippen LogP contribution in [-0.2, 0) is 6.42 Å². The van der Waals surface area contributed by atoms with Crippen LogP contribution >= 0.6 is 0 Å². The molecule has 1 aromatic rings. The third-order valence-electron chi connectivity index (χ3n) is 3.23. The second-order valence-electron chi connectivity index (χ2n) is 4.49. The second-order valence-corrected chi connectivity index (χ2v) is 4.49. The van der Waals surface area contributed by atoms with Crippen LogP contribution in [0.15, 0.2) is 18.2 Å². The highest BCUT2D eigenvalue weighted by Crippen LogP contribution is 2.35. The first-order chi connectivity index (χ1) is 7.31. The van der Waals surface area contributed by atoms with E-state index in [0.29, 0.717) is 12.8 Å². The Hall–Kier alpha value is -1.22. The molecule has 0 aromatic heterocycles. The summed E-state index contributed by atoms with van der Waals surface area (Å²) in [5, 5.41) is 0. The van der Waals surface area contributed by atoms with Crippen molar-refractivity contribution in [2.45, 2.75) is 25.3 Å². The van der Waals surface area contributed by atoms with Crippen molar-refractivity contribution >= 4 is 0 Å². The topological polar surface area (TPSA) is 44.5 Å². The van der Waals surface area contributed by atoms with Gasteiger partial charge in [0.25, 0.3) is 0 Å². The van der Waals surface area contributed by atoms with Gasteiger partial charge in [-0.1, -0.05) is 6.07 Å². The van der Waals surface area contributed by atoms with Crippen molar-refractivity contribution < 1.29 is 9.47 Å². The van der Waals surface area contributed by atoms with Crippen molar-refractivity contribution in [1.29, 1.82) is 0 Å². The van der Waals surface area contributed by atoms with Crippen LogP contribution < -0.4 is 15.2 Å². The Kier molecular flexibility index (Phi) is 2.06. The Balaban J connectivity index is 1.70. The minimum Gasteiger partial charge on any atom is -0.454 e. The van der Waals surface area contributed by atoms with Crippen molar-refractivity contribution in [3.8, 4) is 11.5 Å². The largest absolute Gasteiger partial charge is 0.454 e. The van der Waals surface area contributed by atoms with Gasteiger partial charge in [-0.15, -0.1) is 0 Å². The van der Waals surface area contributed by atoms with E-state index in [4.69, 9.17) is 15.2 Å². The third kappa shape index (κ3) is 1.67. The van der Waals surface area contributed by atoms with Crippen LogP contribution in [0.2, 0.25) is 0 Å². The van der Waals surface area contributed by atoms with E-state index in [1.165, 1.54) is 5.56 Å². The Morgan fingerprint density at radius 3 is 2.80 bits per heavy atom. The molecule has 0 bridgehead atoms. The van der Waals surface area contributed by atoms with E-state index in [-0.39, 0.29) is 0 Å². The lowest BCUT2D eigenvalue weighted by Crippen LogP contribution is -2.37. The Labute approximate surface area is 89.2 Å². The summed E-state index contributed by atoms with van der Waals surface area (Å²) in [7, 11) is 0. The zero-order chi connectivity index (χ0) is 10.3. The maximum atomic E-state index is 5.77. The smallest absolute Gasteiger partial charge is 0.231 e. The molecule has 1 heterocycles. The molecule has 1 aliphatic heterocycles. The molecular weight excluding hydrogens is 190 g/mol. The van der Waals surface area contributed by atoms with E-state index in [1.807, 2.05) is 6.07 Å². The van der Waals surface area contributed by atoms with E-state index in [9.17, 15) is 0 Å². The molecule has 3 rings (SSSR count). The van der Waals surface area contributed by atoms with Gasteiger partial charge in [0.1, 0.15) is 0 Å². The van der Waals surface area contributed by atoms with E-state index in [1.54, 1.807) is 0 Å². The van der Waals surface area contributed by atoms with Crippen molar-refractivity contribution in [3.63, 3.8) is 0 Å². The van der Waals surface area contributed by atoms with E-state index in [0.717, 1.165) is 36.7 Å². The van der Waals surface area contributed by atoms with Crippen LogP contribution in [0.1, 0.15) is 18.4 Å². The first-order valence-electron chi connectivity index (χ1n) is 5.45. The van der Waals surface area contributed by atoms with Crippen LogP contribution in [0.25, 0.3) is 0 Å². The van der Waals surface area contributed by atoms with Gasteiger partial charge in [-0.3, -0.25) is 0 Å². The number of rotatable bonds is 2. The number of hydrogen-bond acceptors (Lipinski definition) is 3. The second kappa shape index (κ2) is 3.42. The first kappa shape index (κ1) is 9.04. The monoisotopic (exact) mass is 205 g/mol. The summed E-state index contributed by atoms with van der Waals surface area (Å²) in [5.74, 6) is 2.51. The van der Waals surface area contributed by atoms with Crippen molar-refractivity contribution in [1.82, 2.24) is 0 Å². The van der Waals surface area contributed by atoms with Crippen molar-refractivity contribution in [2.24, 2.45) is 11.7 Å². The molecule has 0 spiro atoms. The Morgan fingerprint density at radius 2 is 2.00 bits per heavy atom. The van der Waals surface area contributed by atoms with Gasteiger partial charge in [-0.05, 0) is 42.9 Å². The molecule has 1 aromatic carbocycles. The standard InChI is InChI=1S/C12H15NO2/c13-10-4-9(5-10)3-8-1-2-11-12(6-8)15-7-14-11/h1-2,6,9-10H,3-5,7,13H2. The first-order valence-corrected chi connectivity index (χ1v) is 5.45. The summed E-state index contributed by atoms with van der Waals surface area (Å²) >= 11 is 0. The van der Waals surface area contributed by atoms with E-state index >= 15 is 0 Å². The minimum absolute atomic E-state index is 0.354. The number of fused-ring (bicyclic) bond motifs is 1. The van der Waals surface area contributed by atoms with E-state index in [2.05, 4.69) is 12.1 Å². The van der Waals surface area contributed by atoms with Gasteiger partial charge in [0.2, 0.25) is 6.79 Å². The maximum absolute atomic E-state index is 5.77. The molecule has 2 aliphatic rings. The van der Waals surface area contributed by atoms with Gasteiger partial charge in [0, 0.05) is 6.04 Å². The highest BCUT2D eigenvalue weighted by Gasteiger charge is 2.26. The highest BCUT2D eigenvalue weighted by atomic mass is 16.7. The Bertz CT molecular complexity index is 372. The quantitative estimate of drug-likeness (QED) is 0.799. The van der Waals surface area contributed by atoms with Gasteiger partial charge in [0.15, 0.2) is 11.5 Å². The molecule has 80 valence electrons. The molecule has 0 radical (unpaired) electrons. The predicted octanol–water partition coefficient (Wildman–Crippen LogP) is 1.70. The normalized spacial score (nSPS) is 27.5. The summed E-state index contributed by atoms with van der Waals surface area (Å²) in [5.41, 5.74) is 7.10. The molecule has 0 atom stereocenters. The van der Waals surface area contributed by atoms with Crippen LogP contribution in [0.4, 0.5) is 0 Å². The molecule has 0 amide bonds. The van der Waals surface area contributed by atoms with Crippen LogP contribution in [0.5, 0.6) is 11.5 Å². The number of nitrogens with two attached hydrogens (primary N) is 1. The SMILES string of the molecule is NC1CC(Cc2ccc3c(c2)OCO3)C1. The fourth-order valence-corrected chi connectivity index (χ4v) is 2.36. The van der Waals surface area contributed by atoms with Gasteiger partial charge in [-0.25, -0.2) is 0 Å². The van der Waals surface area contributed by atoms with Crippen molar-refractivity contribution in [2.75, 3.05) is 6.79 Å². The average Bonchev–Trinajstić information content (AvgIpc) is 2.62. The average molecular weight is 205 g/mol. The predicted molar refractivity (Wildman–Crippen MR) is 57.0 cm³/mol. The van der Waals surface area contributed by atoms with E-state index < -0.39 is 0 Å². The number of ether oxygens (including phenoxy) is 2. The lowest BCUT2D eigenvalue weighted by Gasteiger charge is -2.32. The summed E-state index contributed by atoms with van der Waals surface area (Å²) < 4.78 is 10.6. The van der Waals surface area contributed by atoms with Gasteiger partial charge < -0.3 is 15.2 Å². The Morgan fingerprint density at radius 1 is 1.20 bits per heavy atom. The molecule has 0 unspecified atom stereocenters. The summed E-state index contributed by atoms with van der Waals surface area (Å²) in [4.78, 5) is 0. The van der Waals surface area contributed by atoms with Crippen molar-refractivity contribution in [3.05, 3.63) is 23.8 Å². The molecule has 1 saturated carbocycles. The molecule has 3 heteroatoms. The fraction of sp³-hybridized carbons (Fsp3) is 0.500. The number of benzene rings is 1. The van der Waals surface area contributed by atoms with Crippen LogP contribution in [-0.4, -0.2) is 12.8 Å². The highest BCUT2D eigenvalue weighted by molar-refractivity contribution is 5.44. The molecule has 1 aliphatic carbocycles. The molecule has 15 heavy (non-hydrogen) atoms. The van der Waals surface area contributed by atoms with Gasteiger partial charge in [0.05, 0.1) is 0 Å². The molecule has 3 nitrogen and oxygen atoms in total. The fourth-order valence-electron chi connectivity index (χ4n) is 2.36. The maximum Gasteiger partial charge on any atom is 0.231 e. The molecule has 0 saturated heterocycles. The zero-order valence-corrected chi connectivity index (χ0v) is 8.61. The lowest BCUT2D eigenvalue weighted by atomic mass is 9.77. The summed E-state index contributed by atoms with van der Waals surface area (Å²) in [6.07, 6.45) is 3.44. The molecule has 1 fully saturated rings. The van der Waals surface area contributed by atoms with Gasteiger partial charge in [-0.2, -0.15) is 0 Å². The lowest BCUT2D eigenvalue weighted by molar-refractivity contribution is 0.174. The van der Waals surface area contributed by atoms with Crippen LogP contribution in [0, 0.1) is 5.92 Å².